The number of aromatic nitrogens is 1. The maximum absolute atomic E-state index is 13.0. The van der Waals surface area contributed by atoms with E-state index in [9.17, 15) is 14.0 Å². The molecule has 1 aliphatic heterocycles. The third kappa shape index (κ3) is 5.29. The van der Waals surface area contributed by atoms with Gasteiger partial charge < -0.3 is 9.32 Å². The van der Waals surface area contributed by atoms with Crippen molar-refractivity contribution in [3.05, 3.63) is 70.0 Å². The smallest absolute Gasteiger partial charge is 0.408 e. The van der Waals surface area contributed by atoms with Gasteiger partial charge in [-0.2, -0.15) is 0 Å². The van der Waals surface area contributed by atoms with Crippen molar-refractivity contribution in [2.24, 2.45) is 0 Å². The van der Waals surface area contributed by atoms with E-state index in [1.165, 1.54) is 19.1 Å². The van der Waals surface area contributed by atoms with E-state index >= 15 is 0 Å². The standard InChI is InChI=1S/C24H28FN3O3/c1-18(29)20-6-9-22-23(16-20)31-24(30)28(22)11-3-2-10-26-12-14-27(15-13-26)17-19-4-7-21(25)8-5-19/h4-9,16H,2-3,10-15,17H2,1H3. The fourth-order valence-electron chi connectivity index (χ4n) is 4.12. The van der Waals surface area contributed by atoms with E-state index in [1.54, 1.807) is 22.8 Å². The molecule has 31 heavy (non-hydrogen) atoms. The lowest BCUT2D eigenvalue weighted by Crippen LogP contribution is -2.46. The van der Waals surface area contributed by atoms with Crippen molar-refractivity contribution in [1.82, 2.24) is 14.4 Å². The highest BCUT2D eigenvalue weighted by Crippen LogP contribution is 2.16. The molecule has 0 spiro atoms. The molecular formula is C24H28FN3O3. The van der Waals surface area contributed by atoms with E-state index in [2.05, 4.69) is 9.80 Å². The fourth-order valence-corrected chi connectivity index (χ4v) is 4.12. The van der Waals surface area contributed by atoms with Crippen LogP contribution in [0.15, 0.2) is 51.7 Å². The van der Waals surface area contributed by atoms with E-state index in [0.29, 0.717) is 17.7 Å². The van der Waals surface area contributed by atoms with Crippen LogP contribution in [0.5, 0.6) is 0 Å². The van der Waals surface area contributed by atoms with Gasteiger partial charge in [0.05, 0.1) is 5.52 Å². The van der Waals surface area contributed by atoms with Crippen molar-refractivity contribution >= 4 is 16.9 Å². The quantitative estimate of drug-likeness (QED) is 0.408. The summed E-state index contributed by atoms with van der Waals surface area (Å²) >= 11 is 0. The lowest BCUT2D eigenvalue weighted by molar-refractivity contribution is 0.101. The van der Waals surface area contributed by atoms with Crippen molar-refractivity contribution in [3.63, 3.8) is 0 Å². The lowest BCUT2D eigenvalue weighted by atomic mass is 10.1. The summed E-state index contributed by atoms with van der Waals surface area (Å²) < 4.78 is 20.0. The maximum Gasteiger partial charge on any atom is 0.419 e. The highest BCUT2D eigenvalue weighted by molar-refractivity contribution is 5.96. The molecule has 4 rings (SSSR count). The van der Waals surface area contributed by atoms with Crippen LogP contribution in [-0.2, 0) is 13.1 Å². The molecule has 0 unspecified atom stereocenters. The number of hydrogen-bond donors (Lipinski definition) is 0. The van der Waals surface area contributed by atoms with Gasteiger partial charge in [-0.1, -0.05) is 12.1 Å². The van der Waals surface area contributed by atoms with Crippen LogP contribution in [0.4, 0.5) is 4.39 Å². The number of oxazole rings is 1. The molecule has 7 heteroatoms. The Labute approximate surface area is 180 Å². The number of unbranched alkanes of at least 4 members (excludes halogenated alkanes) is 1. The Balaban J connectivity index is 1.22. The van der Waals surface area contributed by atoms with Gasteiger partial charge in [-0.3, -0.25) is 14.3 Å². The molecule has 1 aliphatic rings. The zero-order valence-corrected chi connectivity index (χ0v) is 17.8. The van der Waals surface area contributed by atoms with Crippen molar-refractivity contribution in [2.75, 3.05) is 32.7 Å². The number of nitrogens with zero attached hydrogens (tertiary/aromatic N) is 3. The molecular weight excluding hydrogens is 397 g/mol. The van der Waals surface area contributed by atoms with Crippen LogP contribution in [0.2, 0.25) is 0 Å². The molecule has 1 saturated heterocycles. The second-order valence-corrected chi connectivity index (χ2v) is 8.21. The van der Waals surface area contributed by atoms with Gasteiger partial charge >= 0.3 is 5.76 Å². The normalized spacial score (nSPS) is 15.5. The number of piperazine rings is 1. The van der Waals surface area contributed by atoms with Crippen LogP contribution in [0.25, 0.3) is 11.1 Å². The van der Waals surface area contributed by atoms with Crippen LogP contribution in [0, 0.1) is 5.82 Å². The van der Waals surface area contributed by atoms with Crippen molar-refractivity contribution in [3.8, 4) is 0 Å². The molecule has 0 atom stereocenters. The van der Waals surface area contributed by atoms with Crippen LogP contribution < -0.4 is 5.76 Å². The Bertz CT molecular complexity index is 1100. The molecule has 6 nitrogen and oxygen atoms in total. The molecule has 1 fully saturated rings. The van der Waals surface area contributed by atoms with Crippen LogP contribution in [-0.4, -0.2) is 52.9 Å². The maximum atomic E-state index is 13.0. The van der Waals surface area contributed by atoms with Crippen LogP contribution in [0.3, 0.4) is 0 Å². The Morgan fingerprint density at radius 2 is 1.65 bits per heavy atom. The second-order valence-electron chi connectivity index (χ2n) is 8.21. The Hall–Kier alpha value is -2.77. The van der Waals surface area contributed by atoms with E-state index in [4.69, 9.17) is 4.42 Å². The summed E-state index contributed by atoms with van der Waals surface area (Å²) in [5.74, 6) is -0.611. The third-order valence-electron chi connectivity index (χ3n) is 5.97. The number of carbonyl (C=O) groups excluding carboxylic acids is 1. The first kappa shape index (κ1) is 21.5. The molecule has 0 amide bonds. The number of aryl methyl sites for hydroxylation is 1. The van der Waals surface area contributed by atoms with Gasteiger partial charge in [0.15, 0.2) is 11.4 Å². The largest absolute Gasteiger partial charge is 0.419 e. The minimum atomic E-state index is -0.370. The second kappa shape index (κ2) is 9.58. The summed E-state index contributed by atoms with van der Waals surface area (Å²) in [6, 6.07) is 11.9. The predicted molar refractivity (Wildman–Crippen MR) is 118 cm³/mol. The molecule has 164 valence electrons. The minimum absolute atomic E-state index is 0.0462. The molecule has 0 aliphatic carbocycles. The number of rotatable bonds is 8. The highest BCUT2D eigenvalue weighted by Gasteiger charge is 2.17. The number of halogens is 1. The molecule has 2 aromatic carbocycles. The summed E-state index contributed by atoms with van der Waals surface area (Å²) in [6.45, 7) is 8.00. The first-order valence-corrected chi connectivity index (χ1v) is 10.8. The van der Waals surface area contributed by atoms with Crippen molar-refractivity contribution < 1.29 is 13.6 Å². The monoisotopic (exact) mass is 425 g/mol. The van der Waals surface area contributed by atoms with Gasteiger partial charge in [-0.05, 0) is 62.2 Å². The number of Topliss-reactive ketones (excluding diaryl/α,β-unsaturated/α-hetero) is 1. The summed E-state index contributed by atoms with van der Waals surface area (Å²) in [5, 5.41) is 0. The van der Waals surface area contributed by atoms with Crippen LogP contribution >= 0.6 is 0 Å². The number of ketones is 1. The van der Waals surface area contributed by atoms with Gasteiger partial charge in [0.2, 0.25) is 0 Å². The average molecular weight is 426 g/mol. The molecule has 0 saturated carbocycles. The number of hydrogen-bond acceptors (Lipinski definition) is 5. The van der Waals surface area contributed by atoms with Gasteiger partial charge in [-0.15, -0.1) is 0 Å². The van der Waals surface area contributed by atoms with Gasteiger partial charge in [0.1, 0.15) is 5.82 Å². The minimum Gasteiger partial charge on any atom is -0.408 e. The summed E-state index contributed by atoms with van der Waals surface area (Å²) in [4.78, 5) is 28.6. The number of carbonyl (C=O) groups is 1. The fraction of sp³-hybridized carbons (Fsp3) is 0.417. The SMILES string of the molecule is CC(=O)c1ccc2c(c1)oc(=O)n2CCCCN1CCN(Cc2ccc(F)cc2)CC1. The molecule has 0 radical (unpaired) electrons. The molecule has 1 aromatic heterocycles. The molecule has 0 bridgehead atoms. The highest BCUT2D eigenvalue weighted by atomic mass is 19.1. The van der Waals surface area contributed by atoms with E-state index in [-0.39, 0.29) is 17.4 Å². The predicted octanol–water partition coefficient (Wildman–Crippen LogP) is 3.53. The summed E-state index contributed by atoms with van der Waals surface area (Å²) in [5.41, 5.74) is 2.90. The topological polar surface area (TPSA) is 58.7 Å². The first-order chi connectivity index (χ1) is 15.0. The van der Waals surface area contributed by atoms with E-state index in [0.717, 1.165) is 63.2 Å². The molecule has 0 N–H and O–H groups in total. The molecule has 3 aromatic rings. The Kier molecular flexibility index (Phi) is 6.63. The Morgan fingerprint density at radius 1 is 0.968 bits per heavy atom. The van der Waals surface area contributed by atoms with Crippen LogP contribution in [0.1, 0.15) is 35.7 Å². The van der Waals surface area contributed by atoms with E-state index in [1.807, 2.05) is 12.1 Å². The number of fused-ring (bicyclic) bond motifs is 1. The summed E-state index contributed by atoms with van der Waals surface area (Å²) in [7, 11) is 0. The zero-order valence-electron chi connectivity index (χ0n) is 17.8. The summed E-state index contributed by atoms with van der Waals surface area (Å²) in [6.07, 6.45) is 1.89. The number of benzene rings is 2. The van der Waals surface area contributed by atoms with Gasteiger partial charge in [0.25, 0.3) is 0 Å². The zero-order chi connectivity index (χ0) is 21.8. The van der Waals surface area contributed by atoms with Crippen molar-refractivity contribution in [2.45, 2.75) is 32.9 Å². The third-order valence-corrected chi connectivity index (χ3v) is 5.97. The Morgan fingerprint density at radius 3 is 2.35 bits per heavy atom. The lowest BCUT2D eigenvalue weighted by Gasteiger charge is -2.34. The van der Waals surface area contributed by atoms with Crippen molar-refractivity contribution in [1.29, 1.82) is 0 Å². The van der Waals surface area contributed by atoms with Gasteiger partial charge in [-0.25, -0.2) is 9.18 Å². The molecule has 2 heterocycles. The first-order valence-electron chi connectivity index (χ1n) is 10.8. The van der Waals surface area contributed by atoms with E-state index < -0.39 is 0 Å². The van der Waals surface area contributed by atoms with Gasteiger partial charge in [0, 0.05) is 44.8 Å². The average Bonchev–Trinajstić information content (AvgIpc) is 3.08.